The first-order valence-corrected chi connectivity index (χ1v) is 9.44. The maximum atomic E-state index is 11.9. The summed E-state index contributed by atoms with van der Waals surface area (Å²) in [4.78, 5) is 11.9. The Balaban J connectivity index is 2.59. The Hall–Kier alpha value is -1.76. The van der Waals surface area contributed by atoms with Crippen molar-refractivity contribution in [3.05, 3.63) is 24.3 Å². The van der Waals surface area contributed by atoms with Gasteiger partial charge in [0, 0.05) is 13.6 Å². The predicted molar refractivity (Wildman–Crippen MR) is 92.2 cm³/mol. The number of carbonyl (C=O) groups is 1. The average molecular weight is 342 g/mol. The molecule has 0 aliphatic heterocycles. The number of nitrogens with one attached hydrogen (secondary N) is 1. The molecular weight excluding hydrogens is 316 g/mol. The number of hydrogen-bond acceptors (Lipinski definition) is 4. The monoisotopic (exact) mass is 342 g/mol. The fourth-order valence-corrected chi connectivity index (χ4v) is 2.32. The number of rotatable bonds is 8. The van der Waals surface area contributed by atoms with Crippen molar-refractivity contribution in [1.82, 2.24) is 5.32 Å². The number of nitrogens with zero attached hydrogens (tertiary/aromatic N) is 1. The normalized spacial score (nSPS) is 12.8. The summed E-state index contributed by atoms with van der Waals surface area (Å²) < 4.78 is 29.7. The molecule has 0 saturated heterocycles. The smallest absolute Gasteiger partial charge is 0.260 e. The molecule has 0 aromatic heterocycles. The van der Waals surface area contributed by atoms with Gasteiger partial charge in [0.05, 0.1) is 11.9 Å². The van der Waals surface area contributed by atoms with E-state index < -0.39 is 16.1 Å². The van der Waals surface area contributed by atoms with Crippen LogP contribution in [0, 0.1) is 5.92 Å². The fourth-order valence-electron chi connectivity index (χ4n) is 1.81. The SMILES string of the molecule is CC(C)CCNC(=O)[C@@H](C)Oc1ccc(N(C)S(C)(=O)=O)cc1. The number of benzene rings is 1. The third kappa shape index (κ3) is 6.48. The topological polar surface area (TPSA) is 75.7 Å². The van der Waals surface area contributed by atoms with E-state index in [1.54, 1.807) is 31.2 Å². The summed E-state index contributed by atoms with van der Waals surface area (Å²) in [6, 6.07) is 6.57. The highest BCUT2D eigenvalue weighted by Gasteiger charge is 2.15. The van der Waals surface area contributed by atoms with Crippen LogP contribution in [0.3, 0.4) is 0 Å². The third-order valence-corrected chi connectivity index (χ3v) is 4.61. The second kappa shape index (κ2) is 8.19. The van der Waals surface area contributed by atoms with E-state index in [4.69, 9.17) is 4.74 Å². The van der Waals surface area contributed by atoms with Gasteiger partial charge in [-0.1, -0.05) is 13.8 Å². The van der Waals surface area contributed by atoms with Gasteiger partial charge in [-0.3, -0.25) is 9.10 Å². The molecule has 0 aliphatic carbocycles. The van der Waals surface area contributed by atoms with E-state index in [9.17, 15) is 13.2 Å². The van der Waals surface area contributed by atoms with Gasteiger partial charge in [0.25, 0.3) is 5.91 Å². The van der Waals surface area contributed by atoms with Crippen molar-refractivity contribution >= 4 is 21.6 Å². The van der Waals surface area contributed by atoms with Gasteiger partial charge in [0.1, 0.15) is 5.75 Å². The molecule has 0 radical (unpaired) electrons. The quantitative estimate of drug-likeness (QED) is 0.784. The largest absolute Gasteiger partial charge is 0.481 e. The maximum Gasteiger partial charge on any atom is 0.260 e. The molecular formula is C16H26N2O4S. The van der Waals surface area contributed by atoms with Crippen molar-refractivity contribution < 1.29 is 17.9 Å². The Bertz CT molecular complexity index is 611. The Kier molecular flexibility index (Phi) is 6.87. The molecule has 1 aromatic carbocycles. The molecule has 6 nitrogen and oxygen atoms in total. The van der Waals surface area contributed by atoms with E-state index in [0.29, 0.717) is 23.9 Å². The second-order valence-electron chi connectivity index (χ2n) is 5.96. The van der Waals surface area contributed by atoms with E-state index in [1.165, 1.54) is 11.4 Å². The van der Waals surface area contributed by atoms with Crippen molar-refractivity contribution in [3.63, 3.8) is 0 Å². The fraction of sp³-hybridized carbons (Fsp3) is 0.562. The molecule has 0 heterocycles. The first-order valence-electron chi connectivity index (χ1n) is 7.59. The summed E-state index contributed by atoms with van der Waals surface area (Å²) >= 11 is 0. The molecule has 0 bridgehead atoms. The molecule has 7 heteroatoms. The molecule has 1 atom stereocenters. The van der Waals surface area contributed by atoms with Crippen LogP contribution in [0.4, 0.5) is 5.69 Å². The zero-order chi connectivity index (χ0) is 17.6. The van der Waals surface area contributed by atoms with Crippen molar-refractivity contribution in [2.45, 2.75) is 33.3 Å². The minimum absolute atomic E-state index is 0.164. The summed E-state index contributed by atoms with van der Waals surface area (Å²) in [7, 11) is -1.81. The van der Waals surface area contributed by atoms with Gasteiger partial charge < -0.3 is 10.1 Å². The molecule has 1 aromatic rings. The van der Waals surface area contributed by atoms with E-state index in [1.807, 2.05) is 0 Å². The number of ether oxygens (including phenoxy) is 1. The summed E-state index contributed by atoms with van der Waals surface area (Å²) in [5, 5.41) is 2.83. The molecule has 1 N–H and O–H groups in total. The molecule has 0 unspecified atom stereocenters. The van der Waals surface area contributed by atoms with Crippen LogP contribution in [-0.4, -0.2) is 40.3 Å². The zero-order valence-electron chi connectivity index (χ0n) is 14.4. The highest BCUT2D eigenvalue weighted by molar-refractivity contribution is 7.92. The van der Waals surface area contributed by atoms with Gasteiger partial charge >= 0.3 is 0 Å². The van der Waals surface area contributed by atoms with Crippen molar-refractivity contribution in [1.29, 1.82) is 0 Å². The molecule has 0 saturated carbocycles. The van der Waals surface area contributed by atoms with E-state index in [0.717, 1.165) is 12.7 Å². The molecule has 0 spiro atoms. The van der Waals surface area contributed by atoms with Crippen molar-refractivity contribution in [3.8, 4) is 5.75 Å². The summed E-state index contributed by atoms with van der Waals surface area (Å²) in [5.74, 6) is 0.885. The van der Waals surface area contributed by atoms with Crippen LogP contribution < -0.4 is 14.4 Å². The Morgan fingerprint density at radius 2 is 1.78 bits per heavy atom. The Morgan fingerprint density at radius 3 is 2.26 bits per heavy atom. The Labute approximate surface area is 138 Å². The Morgan fingerprint density at radius 1 is 1.22 bits per heavy atom. The minimum atomic E-state index is -3.29. The standard InChI is InChI=1S/C16H26N2O4S/c1-12(2)10-11-17-16(19)13(3)22-15-8-6-14(7-9-15)18(4)23(5,20)21/h6-9,12-13H,10-11H2,1-5H3,(H,17,19)/t13-/m1/s1. The number of anilines is 1. The van der Waals surface area contributed by atoms with Crippen molar-refractivity contribution in [2.75, 3.05) is 24.2 Å². The molecule has 23 heavy (non-hydrogen) atoms. The lowest BCUT2D eigenvalue weighted by molar-refractivity contribution is -0.127. The lowest BCUT2D eigenvalue weighted by Crippen LogP contribution is -2.37. The lowest BCUT2D eigenvalue weighted by Gasteiger charge is -2.18. The van der Waals surface area contributed by atoms with E-state index in [2.05, 4.69) is 19.2 Å². The van der Waals surface area contributed by atoms with Gasteiger partial charge in [-0.2, -0.15) is 0 Å². The van der Waals surface area contributed by atoms with Crippen molar-refractivity contribution in [2.24, 2.45) is 5.92 Å². The summed E-state index contributed by atoms with van der Waals surface area (Å²) in [6.45, 7) is 6.51. The van der Waals surface area contributed by atoms with Crippen LogP contribution in [0.5, 0.6) is 5.75 Å². The van der Waals surface area contributed by atoms with E-state index >= 15 is 0 Å². The summed E-state index contributed by atoms with van der Waals surface area (Å²) in [5.41, 5.74) is 0.536. The van der Waals surface area contributed by atoms with Crippen LogP contribution in [0.15, 0.2) is 24.3 Å². The van der Waals surface area contributed by atoms with Gasteiger partial charge in [-0.05, 0) is 43.5 Å². The molecule has 130 valence electrons. The zero-order valence-corrected chi connectivity index (χ0v) is 15.2. The summed E-state index contributed by atoms with van der Waals surface area (Å²) in [6.07, 6.45) is 1.45. The maximum absolute atomic E-state index is 11.9. The highest BCUT2D eigenvalue weighted by Crippen LogP contribution is 2.21. The number of amides is 1. The highest BCUT2D eigenvalue weighted by atomic mass is 32.2. The van der Waals surface area contributed by atoms with Gasteiger partial charge in [0.15, 0.2) is 6.10 Å². The van der Waals surface area contributed by atoms with Gasteiger partial charge in [-0.15, -0.1) is 0 Å². The number of carbonyl (C=O) groups excluding carboxylic acids is 1. The van der Waals surface area contributed by atoms with Crippen LogP contribution in [0.2, 0.25) is 0 Å². The second-order valence-corrected chi connectivity index (χ2v) is 7.97. The molecule has 1 amide bonds. The van der Waals surface area contributed by atoms with Gasteiger partial charge in [-0.25, -0.2) is 8.42 Å². The van der Waals surface area contributed by atoms with Crippen LogP contribution >= 0.6 is 0 Å². The predicted octanol–water partition coefficient (Wildman–Crippen LogP) is 2.01. The minimum Gasteiger partial charge on any atom is -0.481 e. The number of sulfonamides is 1. The molecule has 1 rings (SSSR count). The van der Waals surface area contributed by atoms with E-state index in [-0.39, 0.29) is 5.91 Å². The third-order valence-electron chi connectivity index (χ3n) is 3.40. The first-order chi connectivity index (χ1) is 10.6. The molecule has 0 aliphatic rings. The lowest BCUT2D eigenvalue weighted by atomic mass is 10.1. The number of hydrogen-bond donors (Lipinski definition) is 1. The van der Waals surface area contributed by atoms with Crippen LogP contribution in [0.1, 0.15) is 27.2 Å². The van der Waals surface area contributed by atoms with Crippen LogP contribution in [0.25, 0.3) is 0 Å². The first kappa shape index (κ1) is 19.3. The average Bonchev–Trinajstić information content (AvgIpc) is 2.45. The van der Waals surface area contributed by atoms with Crippen LogP contribution in [-0.2, 0) is 14.8 Å². The molecule has 0 fully saturated rings. The van der Waals surface area contributed by atoms with Gasteiger partial charge in [0.2, 0.25) is 10.0 Å².